The van der Waals surface area contributed by atoms with E-state index >= 15 is 0 Å². The second-order valence-corrected chi connectivity index (χ2v) is 11.0. The summed E-state index contributed by atoms with van der Waals surface area (Å²) in [6.45, 7) is 11.6. The molecule has 0 spiro atoms. The van der Waals surface area contributed by atoms with Gasteiger partial charge in [0, 0.05) is 44.0 Å². The number of aromatic nitrogens is 3. The number of fused-ring (bicyclic) bond motifs is 1. The molecule has 0 radical (unpaired) electrons. The van der Waals surface area contributed by atoms with E-state index in [1.165, 1.54) is 12.0 Å². The van der Waals surface area contributed by atoms with Crippen LogP contribution >= 0.6 is 0 Å². The molecule has 1 fully saturated rings. The Hall–Kier alpha value is -3.39. The van der Waals surface area contributed by atoms with Crippen molar-refractivity contribution in [2.45, 2.75) is 72.4 Å². The Morgan fingerprint density at radius 1 is 1.16 bits per heavy atom. The van der Waals surface area contributed by atoms with E-state index < -0.39 is 0 Å². The molecule has 2 aromatic heterocycles. The molecule has 1 saturated heterocycles. The highest BCUT2D eigenvalue weighted by Crippen LogP contribution is 2.23. The van der Waals surface area contributed by atoms with Gasteiger partial charge in [-0.2, -0.15) is 0 Å². The Morgan fingerprint density at radius 3 is 2.61 bits per heavy atom. The monoisotopic (exact) mass is 517 g/mol. The van der Waals surface area contributed by atoms with E-state index in [9.17, 15) is 14.4 Å². The fourth-order valence-corrected chi connectivity index (χ4v) is 5.90. The molecule has 1 aliphatic heterocycles. The number of nitrogens with one attached hydrogen (secondary N) is 1. The number of amides is 2. The van der Waals surface area contributed by atoms with Crippen LogP contribution in [0.15, 0.2) is 41.3 Å². The first-order chi connectivity index (χ1) is 18.2. The first kappa shape index (κ1) is 27.6. The van der Waals surface area contributed by atoms with Crippen LogP contribution < -0.4 is 10.9 Å². The Morgan fingerprint density at radius 2 is 1.92 bits per heavy atom. The molecule has 8 heteroatoms. The summed E-state index contributed by atoms with van der Waals surface area (Å²) in [5.41, 5.74) is 3.77. The van der Waals surface area contributed by atoms with Crippen molar-refractivity contribution in [1.82, 2.24) is 24.8 Å². The number of rotatable bonds is 10. The average Bonchev–Trinajstić information content (AvgIpc) is 2.86. The number of benzene rings is 1. The molecule has 8 nitrogen and oxygen atoms in total. The number of likely N-dealkylation sites (tertiary alicyclic amines) is 1. The Balaban J connectivity index is 1.47. The van der Waals surface area contributed by atoms with E-state index in [4.69, 9.17) is 9.97 Å². The van der Waals surface area contributed by atoms with Gasteiger partial charge in [0.05, 0.1) is 10.9 Å². The average molecular weight is 518 g/mol. The zero-order valence-electron chi connectivity index (χ0n) is 22.9. The molecule has 1 N–H and O–H groups in total. The number of pyridine rings is 1. The van der Waals surface area contributed by atoms with Crippen LogP contribution in [0.2, 0.25) is 0 Å². The van der Waals surface area contributed by atoms with E-state index in [-0.39, 0.29) is 23.9 Å². The molecule has 38 heavy (non-hydrogen) atoms. The van der Waals surface area contributed by atoms with Crippen LogP contribution in [0.5, 0.6) is 0 Å². The number of piperidine rings is 1. The number of hydrogen-bond acceptors (Lipinski definition) is 6. The molecule has 2 amide bonds. The molecule has 0 bridgehead atoms. The van der Waals surface area contributed by atoms with E-state index in [0.29, 0.717) is 36.0 Å². The molecule has 0 aliphatic carbocycles. The fraction of sp³-hybridized carbons (Fsp3) is 0.500. The van der Waals surface area contributed by atoms with Gasteiger partial charge in [-0.05, 0) is 74.6 Å². The lowest BCUT2D eigenvalue weighted by Gasteiger charge is -2.34. The van der Waals surface area contributed by atoms with Crippen molar-refractivity contribution in [1.29, 1.82) is 0 Å². The van der Waals surface area contributed by atoms with Gasteiger partial charge in [0.2, 0.25) is 12.3 Å². The van der Waals surface area contributed by atoms with Crippen LogP contribution in [0.25, 0.3) is 10.9 Å². The smallest absolute Gasteiger partial charge is 0.261 e. The first-order valence-electron chi connectivity index (χ1n) is 13.6. The normalized spacial score (nSPS) is 18.8. The number of aryl methyl sites for hydroxylation is 3. The minimum Gasteiger partial charge on any atom is -0.299 e. The van der Waals surface area contributed by atoms with Gasteiger partial charge in [-0.1, -0.05) is 32.0 Å². The Bertz CT molecular complexity index is 1320. The summed E-state index contributed by atoms with van der Waals surface area (Å²) < 4.78 is 1.66. The molecular weight excluding hydrogens is 478 g/mol. The molecule has 0 saturated carbocycles. The summed E-state index contributed by atoms with van der Waals surface area (Å²) in [4.78, 5) is 47.8. The van der Waals surface area contributed by atoms with Crippen LogP contribution in [-0.2, 0) is 29.0 Å². The summed E-state index contributed by atoms with van der Waals surface area (Å²) in [6, 6.07) is 9.85. The highest BCUT2D eigenvalue weighted by Gasteiger charge is 2.22. The van der Waals surface area contributed by atoms with Crippen molar-refractivity contribution in [3.8, 4) is 0 Å². The fourth-order valence-electron chi connectivity index (χ4n) is 5.90. The molecule has 1 aliphatic rings. The largest absolute Gasteiger partial charge is 0.299 e. The number of imide groups is 1. The maximum atomic E-state index is 13.6. The molecule has 3 aromatic rings. The molecular formula is C30H39N5O3. The Kier molecular flexibility index (Phi) is 9.05. The molecule has 3 unspecified atom stereocenters. The first-order valence-corrected chi connectivity index (χ1v) is 13.6. The van der Waals surface area contributed by atoms with Crippen LogP contribution in [0.1, 0.15) is 68.7 Å². The third-order valence-corrected chi connectivity index (χ3v) is 7.53. The van der Waals surface area contributed by atoms with Crippen LogP contribution in [0.4, 0.5) is 0 Å². The molecule has 202 valence electrons. The summed E-state index contributed by atoms with van der Waals surface area (Å²) in [6.07, 6.45) is 5.67. The van der Waals surface area contributed by atoms with E-state index in [1.807, 2.05) is 38.2 Å². The lowest BCUT2D eigenvalue weighted by atomic mass is 9.92. The standard InChI is InChI=1S/C30H39N5O3/c1-20-14-21(2)17-34(16-20)18-24-9-11-26(31-15-24)12-10-25-6-5-7-27-29(25)30(38)35(23(4)33-27)22(3)8-13-28(37)32-19-36/h5-7,9,11,15,19-22H,8,10,12-14,16-18H2,1-4H3,(H,32,36,37). The molecule has 3 heterocycles. The zero-order valence-corrected chi connectivity index (χ0v) is 22.9. The van der Waals surface area contributed by atoms with E-state index in [1.54, 1.807) is 4.57 Å². The van der Waals surface area contributed by atoms with Gasteiger partial charge in [0.1, 0.15) is 5.82 Å². The second-order valence-electron chi connectivity index (χ2n) is 11.0. The van der Waals surface area contributed by atoms with Gasteiger partial charge in [0.15, 0.2) is 0 Å². The highest BCUT2D eigenvalue weighted by atomic mass is 16.2. The van der Waals surface area contributed by atoms with Crippen LogP contribution in [-0.4, -0.2) is 44.8 Å². The SMILES string of the molecule is Cc1nc2cccc(CCc3ccc(CN4CC(C)CC(C)C4)cn3)c2c(=O)n1C(C)CCC(=O)NC=O. The lowest BCUT2D eigenvalue weighted by molar-refractivity contribution is -0.125. The van der Waals surface area contributed by atoms with Crippen molar-refractivity contribution >= 4 is 23.2 Å². The summed E-state index contributed by atoms with van der Waals surface area (Å²) in [7, 11) is 0. The molecule has 3 atom stereocenters. The summed E-state index contributed by atoms with van der Waals surface area (Å²) >= 11 is 0. The quantitative estimate of drug-likeness (QED) is 0.409. The molecule has 4 rings (SSSR count). The number of carbonyl (C=O) groups is 2. The van der Waals surface area contributed by atoms with Gasteiger partial charge >= 0.3 is 0 Å². The minimum absolute atomic E-state index is 0.0975. The number of nitrogens with zero attached hydrogens (tertiary/aromatic N) is 4. The third kappa shape index (κ3) is 6.72. The summed E-state index contributed by atoms with van der Waals surface area (Å²) in [5, 5.41) is 2.77. The predicted molar refractivity (Wildman–Crippen MR) is 149 cm³/mol. The summed E-state index contributed by atoms with van der Waals surface area (Å²) in [5.74, 6) is 1.72. The van der Waals surface area contributed by atoms with E-state index in [2.05, 4.69) is 36.2 Å². The zero-order chi connectivity index (χ0) is 27.2. The lowest BCUT2D eigenvalue weighted by Crippen LogP contribution is -2.38. The van der Waals surface area contributed by atoms with Gasteiger partial charge < -0.3 is 0 Å². The van der Waals surface area contributed by atoms with Crippen molar-refractivity contribution < 1.29 is 9.59 Å². The van der Waals surface area contributed by atoms with Gasteiger partial charge in [-0.3, -0.25) is 34.2 Å². The van der Waals surface area contributed by atoms with Gasteiger partial charge in [-0.15, -0.1) is 0 Å². The van der Waals surface area contributed by atoms with Gasteiger partial charge in [0.25, 0.3) is 5.56 Å². The maximum Gasteiger partial charge on any atom is 0.261 e. The van der Waals surface area contributed by atoms with Crippen LogP contribution in [0.3, 0.4) is 0 Å². The van der Waals surface area contributed by atoms with E-state index in [0.717, 1.165) is 49.1 Å². The predicted octanol–water partition coefficient (Wildman–Crippen LogP) is 3.98. The van der Waals surface area contributed by atoms with Crippen molar-refractivity contribution in [3.05, 3.63) is 69.5 Å². The van der Waals surface area contributed by atoms with Crippen molar-refractivity contribution in [3.63, 3.8) is 0 Å². The topological polar surface area (TPSA) is 97.2 Å². The highest BCUT2D eigenvalue weighted by molar-refractivity contribution is 5.85. The third-order valence-electron chi connectivity index (χ3n) is 7.53. The van der Waals surface area contributed by atoms with Crippen molar-refractivity contribution in [2.75, 3.05) is 13.1 Å². The minimum atomic E-state index is -0.356. The molecule has 1 aromatic carbocycles. The number of carbonyl (C=O) groups excluding carboxylic acids is 2. The maximum absolute atomic E-state index is 13.6. The second kappa shape index (κ2) is 12.4. The Labute approximate surface area is 224 Å². The number of hydrogen-bond donors (Lipinski definition) is 1. The van der Waals surface area contributed by atoms with Gasteiger partial charge in [-0.25, -0.2) is 4.98 Å². The van der Waals surface area contributed by atoms with Crippen LogP contribution in [0, 0.1) is 18.8 Å². The van der Waals surface area contributed by atoms with Crippen molar-refractivity contribution in [2.24, 2.45) is 11.8 Å².